The molecule has 0 unspecified atom stereocenters. The Morgan fingerprint density at radius 3 is 2.84 bits per heavy atom. The Bertz CT molecular complexity index is 491. The number of rotatable bonds is 5. The van der Waals surface area contributed by atoms with E-state index in [1.165, 1.54) is 6.42 Å². The molecule has 0 N–H and O–H groups in total. The van der Waals surface area contributed by atoms with Gasteiger partial charge in [0, 0.05) is 24.0 Å². The average Bonchev–Trinajstić information content (AvgIpc) is 2.40. The highest BCUT2D eigenvalue weighted by Gasteiger charge is 2.28. The van der Waals surface area contributed by atoms with Crippen LogP contribution in [-0.2, 0) is 0 Å². The number of hydrogen-bond donors (Lipinski definition) is 0. The van der Waals surface area contributed by atoms with Crippen LogP contribution in [-0.4, -0.2) is 29.3 Å². The summed E-state index contributed by atoms with van der Waals surface area (Å²) in [6.07, 6.45) is 4.15. The molecule has 19 heavy (non-hydrogen) atoms. The van der Waals surface area contributed by atoms with E-state index in [0.717, 1.165) is 19.3 Å². The number of benzene rings is 1. The fourth-order valence-electron chi connectivity index (χ4n) is 2.27. The van der Waals surface area contributed by atoms with Crippen LogP contribution in [0.25, 0.3) is 0 Å². The average molecular weight is 277 g/mol. The third-order valence-electron chi connectivity index (χ3n) is 3.55. The Hall–Kier alpha value is -1.53. The highest BCUT2D eigenvalue weighted by molar-refractivity contribution is 6.17. The van der Waals surface area contributed by atoms with Gasteiger partial charge in [0.25, 0.3) is 5.91 Å². The van der Waals surface area contributed by atoms with E-state index in [0.29, 0.717) is 29.6 Å². The molecule has 1 saturated carbocycles. The number of halogens is 1. The van der Waals surface area contributed by atoms with E-state index in [2.05, 4.69) is 6.07 Å². The Labute approximate surface area is 118 Å². The second-order valence-electron chi connectivity index (χ2n) is 4.82. The van der Waals surface area contributed by atoms with Crippen LogP contribution in [0.2, 0.25) is 0 Å². The van der Waals surface area contributed by atoms with Crippen LogP contribution in [0.4, 0.5) is 0 Å². The van der Waals surface area contributed by atoms with Crippen LogP contribution in [0.1, 0.15) is 41.6 Å². The second kappa shape index (κ2) is 6.58. The fourth-order valence-corrected chi connectivity index (χ4v) is 2.39. The smallest absolute Gasteiger partial charge is 0.254 e. The zero-order chi connectivity index (χ0) is 13.7. The number of carbonyl (C=O) groups excluding carboxylic acids is 1. The van der Waals surface area contributed by atoms with Crippen molar-refractivity contribution in [2.75, 3.05) is 12.4 Å². The molecule has 1 amide bonds. The van der Waals surface area contributed by atoms with E-state index in [4.69, 9.17) is 16.9 Å². The summed E-state index contributed by atoms with van der Waals surface area (Å²) in [5, 5.41) is 8.90. The van der Waals surface area contributed by atoms with Gasteiger partial charge in [0.2, 0.25) is 0 Å². The number of nitrogens with zero attached hydrogens (tertiary/aromatic N) is 2. The van der Waals surface area contributed by atoms with Crippen LogP contribution in [0.5, 0.6) is 0 Å². The predicted molar refractivity (Wildman–Crippen MR) is 75.2 cm³/mol. The van der Waals surface area contributed by atoms with E-state index >= 15 is 0 Å². The van der Waals surface area contributed by atoms with E-state index in [1.54, 1.807) is 24.3 Å². The van der Waals surface area contributed by atoms with Gasteiger partial charge in [-0.05, 0) is 43.9 Å². The Kier molecular flexibility index (Phi) is 4.81. The maximum Gasteiger partial charge on any atom is 0.254 e. The van der Waals surface area contributed by atoms with Gasteiger partial charge in [-0.25, -0.2) is 0 Å². The summed E-state index contributed by atoms with van der Waals surface area (Å²) in [6, 6.07) is 9.32. The molecule has 3 nitrogen and oxygen atoms in total. The van der Waals surface area contributed by atoms with Gasteiger partial charge in [-0.3, -0.25) is 4.79 Å². The van der Waals surface area contributed by atoms with E-state index in [-0.39, 0.29) is 5.91 Å². The summed E-state index contributed by atoms with van der Waals surface area (Å²) >= 11 is 5.73. The predicted octanol–water partition coefficient (Wildman–Crippen LogP) is 3.18. The fraction of sp³-hybridized carbons (Fsp3) is 0.467. The zero-order valence-electron chi connectivity index (χ0n) is 10.8. The van der Waals surface area contributed by atoms with Gasteiger partial charge in [0.05, 0.1) is 11.6 Å². The van der Waals surface area contributed by atoms with Crippen molar-refractivity contribution in [3.8, 4) is 6.07 Å². The lowest BCUT2D eigenvalue weighted by molar-refractivity contribution is 0.0581. The summed E-state index contributed by atoms with van der Waals surface area (Å²) in [5.74, 6) is 0.585. The zero-order valence-corrected chi connectivity index (χ0v) is 11.6. The minimum absolute atomic E-state index is 0.0203. The van der Waals surface area contributed by atoms with Gasteiger partial charge >= 0.3 is 0 Å². The van der Waals surface area contributed by atoms with Gasteiger partial charge in [0.15, 0.2) is 0 Å². The van der Waals surface area contributed by atoms with Crippen LogP contribution in [0.15, 0.2) is 24.3 Å². The SMILES string of the molecule is N#Cc1cccc(C(=O)N(CCCCl)C2CCC2)c1. The summed E-state index contributed by atoms with van der Waals surface area (Å²) in [5.41, 5.74) is 1.12. The Balaban J connectivity index is 2.15. The molecule has 0 aliphatic heterocycles. The second-order valence-corrected chi connectivity index (χ2v) is 5.20. The molecule has 1 aliphatic rings. The minimum atomic E-state index is 0.0203. The first-order chi connectivity index (χ1) is 9.26. The first-order valence-electron chi connectivity index (χ1n) is 6.63. The van der Waals surface area contributed by atoms with Gasteiger partial charge < -0.3 is 4.90 Å². The van der Waals surface area contributed by atoms with Crippen LogP contribution < -0.4 is 0 Å². The van der Waals surface area contributed by atoms with Gasteiger partial charge in [-0.2, -0.15) is 5.26 Å². The molecule has 1 aromatic rings. The lowest BCUT2D eigenvalue weighted by Crippen LogP contribution is -2.44. The van der Waals surface area contributed by atoms with E-state index in [1.807, 2.05) is 4.90 Å². The molecule has 0 spiro atoms. The number of carbonyl (C=O) groups is 1. The molecule has 0 bridgehead atoms. The molecule has 0 radical (unpaired) electrons. The molecular formula is C15H17ClN2O. The summed E-state index contributed by atoms with van der Waals surface area (Å²) < 4.78 is 0. The highest BCUT2D eigenvalue weighted by atomic mass is 35.5. The third kappa shape index (κ3) is 3.27. The molecule has 2 rings (SSSR count). The monoisotopic (exact) mass is 276 g/mol. The van der Waals surface area contributed by atoms with Crippen molar-refractivity contribution in [2.24, 2.45) is 0 Å². The number of alkyl halides is 1. The number of nitriles is 1. The maximum absolute atomic E-state index is 12.5. The van der Waals surface area contributed by atoms with Gasteiger partial charge in [-0.15, -0.1) is 11.6 Å². The lowest BCUT2D eigenvalue weighted by atomic mass is 9.90. The first-order valence-corrected chi connectivity index (χ1v) is 7.17. The van der Waals surface area contributed by atoms with E-state index in [9.17, 15) is 4.79 Å². The van der Waals surface area contributed by atoms with Crippen molar-refractivity contribution < 1.29 is 4.79 Å². The molecule has 0 aromatic heterocycles. The molecule has 1 aliphatic carbocycles. The van der Waals surface area contributed by atoms with Crippen molar-refractivity contribution in [2.45, 2.75) is 31.7 Å². The summed E-state index contributed by atoms with van der Waals surface area (Å²) in [7, 11) is 0. The molecule has 4 heteroatoms. The lowest BCUT2D eigenvalue weighted by Gasteiger charge is -2.37. The molecule has 0 heterocycles. The number of amides is 1. The summed E-state index contributed by atoms with van der Waals surface area (Å²) in [4.78, 5) is 14.4. The largest absolute Gasteiger partial charge is 0.336 e. The first kappa shape index (κ1) is 13.9. The van der Waals surface area contributed by atoms with Crippen LogP contribution in [0, 0.1) is 11.3 Å². The van der Waals surface area contributed by atoms with E-state index < -0.39 is 0 Å². The Morgan fingerprint density at radius 2 is 2.26 bits per heavy atom. The van der Waals surface area contributed by atoms with Crippen LogP contribution >= 0.6 is 11.6 Å². The van der Waals surface area contributed by atoms with Crippen molar-refractivity contribution in [1.29, 1.82) is 5.26 Å². The molecule has 0 saturated heterocycles. The van der Waals surface area contributed by atoms with Crippen LogP contribution in [0.3, 0.4) is 0 Å². The van der Waals surface area contributed by atoms with Crippen molar-refractivity contribution in [3.63, 3.8) is 0 Å². The minimum Gasteiger partial charge on any atom is -0.336 e. The highest BCUT2D eigenvalue weighted by Crippen LogP contribution is 2.26. The topological polar surface area (TPSA) is 44.1 Å². The van der Waals surface area contributed by atoms with Gasteiger partial charge in [0.1, 0.15) is 0 Å². The quantitative estimate of drug-likeness (QED) is 0.775. The molecule has 1 aromatic carbocycles. The molecular weight excluding hydrogens is 260 g/mol. The molecule has 0 atom stereocenters. The molecule has 100 valence electrons. The molecule has 1 fully saturated rings. The third-order valence-corrected chi connectivity index (χ3v) is 3.81. The summed E-state index contributed by atoms with van der Waals surface area (Å²) in [6.45, 7) is 0.698. The van der Waals surface area contributed by atoms with Crippen molar-refractivity contribution in [3.05, 3.63) is 35.4 Å². The van der Waals surface area contributed by atoms with Crippen molar-refractivity contribution >= 4 is 17.5 Å². The Morgan fingerprint density at radius 1 is 1.47 bits per heavy atom. The van der Waals surface area contributed by atoms with Crippen molar-refractivity contribution in [1.82, 2.24) is 4.90 Å². The van der Waals surface area contributed by atoms with Gasteiger partial charge in [-0.1, -0.05) is 6.07 Å². The normalized spacial score (nSPS) is 14.5. The number of hydrogen-bond acceptors (Lipinski definition) is 2. The standard InChI is InChI=1S/C15H17ClN2O/c16-8-3-9-18(14-6-2-7-14)15(19)13-5-1-4-12(10-13)11-17/h1,4-5,10,14H,2-3,6-9H2. The maximum atomic E-state index is 12.5.